The summed E-state index contributed by atoms with van der Waals surface area (Å²) in [5.74, 6) is 0.416. The van der Waals surface area contributed by atoms with E-state index in [2.05, 4.69) is 21.2 Å². The molecule has 1 aromatic carbocycles. The summed E-state index contributed by atoms with van der Waals surface area (Å²) in [7, 11) is 0. The van der Waals surface area contributed by atoms with Gasteiger partial charge in [0.25, 0.3) is 5.91 Å². The Balaban J connectivity index is 1.86. The first-order valence-corrected chi connectivity index (χ1v) is 6.76. The highest BCUT2D eigenvalue weighted by Gasteiger charge is 2.12. The Bertz CT molecular complexity index is 586. The van der Waals surface area contributed by atoms with Crippen LogP contribution in [0.3, 0.4) is 0 Å². The van der Waals surface area contributed by atoms with Crippen LogP contribution in [0.4, 0.5) is 4.39 Å². The van der Waals surface area contributed by atoms with Gasteiger partial charge in [-0.15, -0.1) is 0 Å². The first-order chi connectivity index (χ1) is 9.56. The molecule has 0 radical (unpaired) electrons. The van der Waals surface area contributed by atoms with E-state index in [0.29, 0.717) is 16.0 Å². The molecule has 1 amide bonds. The van der Waals surface area contributed by atoms with Crippen LogP contribution in [-0.2, 0) is 4.79 Å². The lowest BCUT2D eigenvalue weighted by Crippen LogP contribution is -2.31. The summed E-state index contributed by atoms with van der Waals surface area (Å²) in [4.78, 5) is 11.7. The molecule has 0 fully saturated rings. The van der Waals surface area contributed by atoms with Crippen LogP contribution in [0, 0.1) is 5.82 Å². The Kier molecular flexibility index (Phi) is 4.79. The lowest BCUT2D eigenvalue weighted by atomic mass is 10.2. The molecule has 1 heterocycles. The summed E-state index contributed by atoms with van der Waals surface area (Å²) in [5, 5.41) is 2.74. The zero-order valence-corrected chi connectivity index (χ0v) is 12.3. The molecule has 2 rings (SSSR count). The number of rotatable bonds is 5. The third-order valence-corrected chi connectivity index (χ3v) is 3.22. The van der Waals surface area contributed by atoms with Crippen LogP contribution in [-0.4, -0.2) is 12.5 Å². The van der Waals surface area contributed by atoms with E-state index in [9.17, 15) is 9.18 Å². The van der Waals surface area contributed by atoms with E-state index in [1.54, 1.807) is 18.4 Å². The molecular weight excluding hydrogens is 329 g/mol. The number of benzene rings is 1. The Morgan fingerprint density at radius 2 is 2.30 bits per heavy atom. The number of carbonyl (C=O) groups is 1. The number of hydrogen-bond donors (Lipinski definition) is 1. The number of ether oxygens (including phenoxy) is 1. The van der Waals surface area contributed by atoms with E-state index in [0.717, 1.165) is 0 Å². The quantitative estimate of drug-likeness (QED) is 0.906. The van der Waals surface area contributed by atoms with Crippen LogP contribution in [0.2, 0.25) is 0 Å². The number of amides is 1. The highest BCUT2D eigenvalue weighted by molar-refractivity contribution is 9.10. The summed E-state index contributed by atoms with van der Waals surface area (Å²) < 4.78 is 23.9. The summed E-state index contributed by atoms with van der Waals surface area (Å²) in [6, 6.07) is 7.30. The largest absolute Gasteiger partial charge is 0.483 e. The minimum absolute atomic E-state index is 0.157. The van der Waals surface area contributed by atoms with Gasteiger partial charge in [0.2, 0.25) is 0 Å². The first-order valence-electron chi connectivity index (χ1n) is 5.97. The van der Waals surface area contributed by atoms with Gasteiger partial charge in [0.05, 0.1) is 16.8 Å². The molecule has 0 aliphatic carbocycles. The van der Waals surface area contributed by atoms with E-state index in [1.165, 1.54) is 18.2 Å². The number of hydrogen-bond acceptors (Lipinski definition) is 3. The molecule has 0 unspecified atom stereocenters. The fraction of sp³-hybridized carbons (Fsp3) is 0.214. The monoisotopic (exact) mass is 341 g/mol. The van der Waals surface area contributed by atoms with Gasteiger partial charge in [0, 0.05) is 0 Å². The molecule has 20 heavy (non-hydrogen) atoms. The van der Waals surface area contributed by atoms with Crippen molar-refractivity contribution in [3.63, 3.8) is 0 Å². The zero-order chi connectivity index (χ0) is 14.5. The predicted molar refractivity (Wildman–Crippen MR) is 74.9 cm³/mol. The van der Waals surface area contributed by atoms with Gasteiger partial charge < -0.3 is 14.5 Å². The highest BCUT2D eigenvalue weighted by Crippen LogP contribution is 2.25. The predicted octanol–water partition coefficient (Wildman–Crippen LogP) is 3.44. The molecule has 0 aliphatic rings. The fourth-order valence-electron chi connectivity index (χ4n) is 1.63. The van der Waals surface area contributed by atoms with Crippen LogP contribution in [0.5, 0.6) is 5.75 Å². The molecule has 4 nitrogen and oxygen atoms in total. The standard InChI is InChI=1S/C14H13BrFNO3/c1-9(12-3-2-6-19-12)17-14(18)8-20-13-5-4-10(16)7-11(13)15/h2-7,9H,8H2,1H3,(H,17,18)/t9-/m1/s1. The van der Waals surface area contributed by atoms with Crippen molar-refractivity contribution in [3.05, 3.63) is 52.6 Å². The maximum absolute atomic E-state index is 12.9. The van der Waals surface area contributed by atoms with Crippen molar-refractivity contribution in [2.45, 2.75) is 13.0 Å². The third-order valence-electron chi connectivity index (χ3n) is 2.60. The molecule has 0 aliphatic heterocycles. The van der Waals surface area contributed by atoms with E-state index in [4.69, 9.17) is 9.15 Å². The molecule has 0 spiro atoms. The molecule has 106 valence electrons. The van der Waals surface area contributed by atoms with Gasteiger partial charge in [-0.25, -0.2) is 4.39 Å². The molecule has 0 bridgehead atoms. The SMILES string of the molecule is C[C@@H](NC(=O)COc1ccc(F)cc1Br)c1ccco1. The molecule has 1 N–H and O–H groups in total. The van der Waals surface area contributed by atoms with Crippen molar-refractivity contribution in [1.29, 1.82) is 0 Å². The highest BCUT2D eigenvalue weighted by atomic mass is 79.9. The number of halogens is 2. The van der Waals surface area contributed by atoms with Crippen LogP contribution in [0.15, 0.2) is 45.5 Å². The van der Waals surface area contributed by atoms with Crippen LogP contribution >= 0.6 is 15.9 Å². The van der Waals surface area contributed by atoms with E-state index < -0.39 is 0 Å². The van der Waals surface area contributed by atoms with Crippen molar-refractivity contribution in [3.8, 4) is 5.75 Å². The van der Waals surface area contributed by atoms with Gasteiger partial charge >= 0.3 is 0 Å². The van der Waals surface area contributed by atoms with E-state index in [-0.39, 0.29) is 24.4 Å². The van der Waals surface area contributed by atoms with Gasteiger partial charge in [0.15, 0.2) is 6.61 Å². The molecule has 0 saturated carbocycles. The summed E-state index contributed by atoms with van der Waals surface area (Å²) >= 11 is 3.17. The Labute approximate surface area is 124 Å². The van der Waals surface area contributed by atoms with Crippen molar-refractivity contribution in [2.24, 2.45) is 0 Å². The molecule has 1 aromatic heterocycles. The molecule has 6 heteroatoms. The maximum atomic E-state index is 12.9. The normalized spacial score (nSPS) is 11.9. The van der Waals surface area contributed by atoms with Crippen LogP contribution < -0.4 is 10.1 Å². The first kappa shape index (κ1) is 14.6. The van der Waals surface area contributed by atoms with Crippen molar-refractivity contribution < 1.29 is 18.3 Å². The zero-order valence-electron chi connectivity index (χ0n) is 10.7. The third kappa shape index (κ3) is 3.84. The van der Waals surface area contributed by atoms with Crippen LogP contribution in [0.1, 0.15) is 18.7 Å². The summed E-state index contributed by atoms with van der Waals surface area (Å²) in [5.41, 5.74) is 0. The van der Waals surface area contributed by atoms with Gasteiger partial charge in [0.1, 0.15) is 17.3 Å². The van der Waals surface area contributed by atoms with Gasteiger partial charge in [-0.1, -0.05) is 0 Å². The van der Waals surface area contributed by atoms with Gasteiger partial charge in [-0.2, -0.15) is 0 Å². The fourth-order valence-corrected chi connectivity index (χ4v) is 2.09. The smallest absolute Gasteiger partial charge is 0.258 e. The van der Waals surface area contributed by atoms with Crippen molar-refractivity contribution in [1.82, 2.24) is 5.32 Å². The summed E-state index contributed by atoms with van der Waals surface area (Å²) in [6.45, 7) is 1.65. The topological polar surface area (TPSA) is 51.5 Å². The van der Waals surface area contributed by atoms with Crippen LogP contribution in [0.25, 0.3) is 0 Å². The Hall–Kier alpha value is -1.82. The minimum atomic E-state index is -0.375. The minimum Gasteiger partial charge on any atom is -0.483 e. The second kappa shape index (κ2) is 6.56. The molecule has 1 atom stereocenters. The second-order valence-corrected chi connectivity index (χ2v) is 5.02. The molecular formula is C14H13BrFNO3. The van der Waals surface area contributed by atoms with Gasteiger partial charge in [-0.3, -0.25) is 4.79 Å². The Morgan fingerprint density at radius 3 is 2.95 bits per heavy atom. The number of nitrogens with one attached hydrogen (secondary N) is 1. The Morgan fingerprint density at radius 1 is 1.50 bits per heavy atom. The summed E-state index contributed by atoms with van der Waals surface area (Å²) in [6.07, 6.45) is 1.55. The average molecular weight is 342 g/mol. The van der Waals surface area contributed by atoms with Gasteiger partial charge in [-0.05, 0) is 53.2 Å². The number of furan rings is 1. The van der Waals surface area contributed by atoms with E-state index in [1.807, 2.05) is 6.92 Å². The van der Waals surface area contributed by atoms with E-state index >= 15 is 0 Å². The molecule has 2 aromatic rings. The second-order valence-electron chi connectivity index (χ2n) is 4.17. The maximum Gasteiger partial charge on any atom is 0.258 e. The van der Waals surface area contributed by atoms with Crippen molar-refractivity contribution in [2.75, 3.05) is 6.61 Å². The average Bonchev–Trinajstić information content (AvgIpc) is 2.91. The lowest BCUT2D eigenvalue weighted by molar-refractivity contribution is -0.123. The van der Waals surface area contributed by atoms with Crippen molar-refractivity contribution >= 4 is 21.8 Å². The number of carbonyl (C=O) groups excluding carboxylic acids is 1. The molecule has 0 saturated heterocycles. The lowest BCUT2D eigenvalue weighted by Gasteiger charge is -2.12.